The lowest BCUT2D eigenvalue weighted by Crippen LogP contribution is -2.60. The highest BCUT2D eigenvalue weighted by atomic mass is 16.4. The minimum atomic E-state index is -1.47. The van der Waals surface area contributed by atoms with Crippen LogP contribution in [0.4, 0.5) is 0 Å². The fourth-order valence-electron chi connectivity index (χ4n) is 9.08. The number of benzene rings is 2. The number of hydrogen-bond acceptors (Lipinski definition) is 14. The maximum atomic E-state index is 15.1. The molecule has 0 bridgehead atoms. The Bertz CT molecular complexity index is 3020. The van der Waals surface area contributed by atoms with Crippen molar-refractivity contribution in [2.45, 2.75) is 126 Å². The summed E-state index contributed by atoms with van der Waals surface area (Å²) >= 11 is 0. The van der Waals surface area contributed by atoms with Crippen LogP contribution in [0.25, 0.3) is 21.8 Å². The van der Waals surface area contributed by atoms with Gasteiger partial charge in [0, 0.05) is 73.2 Å². The van der Waals surface area contributed by atoms with Gasteiger partial charge in [-0.15, -0.1) is 0 Å². The van der Waals surface area contributed by atoms with E-state index in [0.717, 1.165) is 5.52 Å². The van der Waals surface area contributed by atoms with Gasteiger partial charge in [0.05, 0.1) is 12.6 Å². The molecule has 7 atom stereocenters. The van der Waals surface area contributed by atoms with Crippen molar-refractivity contribution in [3.63, 3.8) is 0 Å². The van der Waals surface area contributed by atoms with E-state index in [1.54, 1.807) is 24.5 Å². The van der Waals surface area contributed by atoms with Crippen LogP contribution in [0.3, 0.4) is 0 Å². The first kappa shape index (κ1) is 68.8. The Morgan fingerprint density at radius 1 is 0.442 bits per heavy atom. The summed E-state index contributed by atoms with van der Waals surface area (Å²) in [6, 6.07) is 5.09. The van der Waals surface area contributed by atoms with Crippen LogP contribution in [0.5, 0.6) is 0 Å². The molecule has 0 aliphatic carbocycles. The number of carbonyl (C=O) groups is 8. The minimum Gasteiger partial charge on any atom is -0.480 e. The van der Waals surface area contributed by atoms with Crippen LogP contribution in [0, 0.1) is 0 Å². The van der Waals surface area contributed by atoms with Gasteiger partial charge in [-0.3, -0.25) is 53.5 Å². The molecule has 4 rings (SSSR count). The molecular formula is C54H85N23O9. The number of nitrogens with two attached hydrogens (primary N) is 10. The van der Waals surface area contributed by atoms with E-state index in [1.807, 2.05) is 36.4 Å². The Hall–Kier alpha value is -9.72. The van der Waals surface area contributed by atoms with E-state index in [-0.39, 0.29) is 121 Å². The van der Waals surface area contributed by atoms with Crippen molar-refractivity contribution >= 4 is 93.0 Å². The topological polar surface area (TPSA) is 582 Å². The van der Waals surface area contributed by atoms with Gasteiger partial charge < -0.3 is 110 Å². The Morgan fingerprint density at radius 2 is 0.791 bits per heavy atom. The zero-order valence-corrected chi connectivity index (χ0v) is 48.0. The normalized spacial score (nSPS) is 13.4. The van der Waals surface area contributed by atoms with E-state index in [0.29, 0.717) is 46.7 Å². The van der Waals surface area contributed by atoms with Crippen molar-refractivity contribution in [3.8, 4) is 0 Å². The molecule has 32 nitrogen and oxygen atoms in total. The number of aromatic amines is 2. The summed E-state index contributed by atoms with van der Waals surface area (Å²) in [6.45, 7) is 0.0912. The number of para-hydroxylation sites is 2. The molecule has 0 saturated carbocycles. The number of carboxylic acid groups (broad SMARTS) is 1. The summed E-state index contributed by atoms with van der Waals surface area (Å²) in [6.07, 6.45) is 4.68. The Labute approximate surface area is 496 Å². The monoisotopic (exact) mass is 1200 g/mol. The van der Waals surface area contributed by atoms with Crippen LogP contribution in [0.1, 0.15) is 81.8 Å². The van der Waals surface area contributed by atoms with Gasteiger partial charge in [0.1, 0.15) is 36.3 Å². The van der Waals surface area contributed by atoms with Crippen molar-refractivity contribution in [3.05, 3.63) is 72.1 Å². The average Bonchev–Trinajstić information content (AvgIpc) is 4.30. The molecule has 470 valence electrons. The molecule has 2 heterocycles. The zero-order chi connectivity index (χ0) is 63.1. The predicted octanol–water partition coefficient (Wildman–Crippen LogP) is -4.79. The number of H-pyrrole nitrogens is 2. The van der Waals surface area contributed by atoms with Gasteiger partial charge in [0.2, 0.25) is 41.4 Å². The quantitative estimate of drug-likeness (QED) is 0.0113. The number of hydrogen-bond donors (Lipinski definition) is 20. The second kappa shape index (κ2) is 36.1. The first-order valence-corrected chi connectivity index (χ1v) is 28.2. The number of amides is 7. The summed E-state index contributed by atoms with van der Waals surface area (Å²) in [5.74, 6) is -7.70. The first-order chi connectivity index (χ1) is 41.1. The third-order valence-corrected chi connectivity index (χ3v) is 13.5. The lowest BCUT2D eigenvalue weighted by molar-refractivity contribution is -0.142. The van der Waals surface area contributed by atoms with Crippen LogP contribution in [-0.4, -0.2) is 168 Å². The maximum Gasteiger partial charge on any atom is 0.326 e. The van der Waals surface area contributed by atoms with Crippen molar-refractivity contribution in [1.82, 2.24) is 47.2 Å². The number of guanidine groups is 4. The van der Waals surface area contributed by atoms with E-state index in [9.17, 15) is 38.7 Å². The minimum absolute atomic E-state index is 0.0131. The fraction of sp³-hybridized carbons (Fsp3) is 0.481. The zero-order valence-electron chi connectivity index (χ0n) is 48.0. The number of unbranched alkanes of at least 4 members (excludes halogenated alkanes) is 1. The highest BCUT2D eigenvalue weighted by molar-refractivity contribution is 5.98. The van der Waals surface area contributed by atoms with E-state index < -0.39 is 96.2 Å². The Morgan fingerprint density at radius 3 is 1.20 bits per heavy atom. The molecule has 4 aromatic rings. The first-order valence-electron chi connectivity index (χ1n) is 28.2. The number of aliphatic imine (C=N–C) groups is 4. The molecule has 0 radical (unpaired) electrons. The summed E-state index contributed by atoms with van der Waals surface area (Å²) in [5.41, 5.74) is 58.2. The number of rotatable bonds is 39. The smallest absolute Gasteiger partial charge is 0.326 e. The van der Waals surface area contributed by atoms with Crippen molar-refractivity contribution in [2.24, 2.45) is 77.3 Å². The van der Waals surface area contributed by atoms with E-state index in [4.69, 9.17) is 57.3 Å². The number of carbonyl (C=O) groups excluding carboxylic acids is 7. The largest absolute Gasteiger partial charge is 0.480 e. The van der Waals surface area contributed by atoms with Crippen molar-refractivity contribution in [1.29, 1.82) is 0 Å². The number of nitrogens with zero attached hydrogens (tertiary/aromatic N) is 4. The molecule has 2 aromatic carbocycles. The van der Waals surface area contributed by atoms with Crippen LogP contribution < -0.4 is 94.6 Å². The molecule has 30 N–H and O–H groups in total. The number of fused-ring (bicyclic) bond motifs is 2. The second-order valence-electron chi connectivity index (χ2n) is 20.3. The number of aromatic nitrogens is 2. The highest BCUT2D eigenvalue weighted by Crippen LogP contribution is 2.22. The summed E-state index contributed by atoms with van der Waals surface area (Å²) in [4.78, 5) is 134. The second-order valence-corrected chi connectivity index (χ2v) is 20.3. The lowest BCUT2D eigenvalue weighted by Gasteiger charge is -2.28. The van der Waals surface area contributed by atoms with Gasteiger partial charge in [-0.2, -0.15) is 0 Å². The van der Waals surface area contributed by atoms with Gasteiger partial charge in [-0.1, -0.05) is 36.4 Å². The highest BCUT2D eigenvalue weighted by Gasteiger charge is 2.35. The molecule has 86 heavy (non-hydrogen) atoms. The SMILES string of the molecule is NCCCC[C@H](NC(=O)[C@H](CCCN=C(N)N)NC(=O)CNC(=O)[C@@H](N)CCCN=C(N)N)C(=O)N[C@@H](Cc1c[nH]c2ccccc12)C(=O)N[C@@H](Cc1c[nH]c2ccccc12)C(=O)N[C@@H](CCCN=C(N)N)C(=O)N[C@@H](CCCN=C(N)N)C(=O)O. The summed E-state index contributed by atoms with van der Waals surface area (Å²) < 4.78 is 0. The van der Waals surface area contributed by atoms with Gasteiger partial charge in [0.25, 0.3) is 0 Å². The third kappa shape index (κ3) is 24.2. The number of carboxylic acids is 1. The number of nitrogens with one attached hydrogen (secondary N) is 9. The standard InChI is InChI=1S/C54H85N23O9/c55-20-6-5-16-38(73-45(80)37(17-8-22-66-52(59)60)72-43(78)29-71-44(79)34(56)13-7-21-65-51(57)58)47(82)76-42(26-31-28-70-36-15-4-2-12-33(31)36)49(84)77-41(25-30-27-69-35-14-3-1-11-32(30)35)48(83)74-39(18-9-23-67-53(61)62)46(81)75-40(50(85)86)19-10-24-68-54(63)64/h1-4,11-12,14-15,27-28,34,37-42,69-70H,5-10,13,16-26,29,55-56H2,(H,71,79)(H,72,78)(H,73,80)(H,74,83)(H,75,81)(H,76,82)(H,77,84)(H,85,86)(H4,57,58,65)(H4,59,60,66)(H4,61,62,67)(H4,63,64,68)/t34-,37-,38-,39-,40-,41-,42-/m0/s1. The molecule has 0 aliphatic rings. The van der Waals surface area contributed by atoms with Crippen molar-refractivity contribution < 1.29 is 43.5 Å². The fourth-order valence-corrected chi connectivity index (χ4v) is 9.08. The molecule has 2 aromatic heterocycles. The molecule has 0 spiro atoms. The molecule has 0 unspecified atom stereocenters. The molecular weight excluding hydrogens is 1110 g/mol. The predicted molar refractivity (Wildman–Crippen MR) is 327 cm³/mol. The molecule has 7 amide bonds. The molecule has 0 saturated heterocycles. The molecule has 0 aliphatic heterocycles. The maximum absolute atomic E-state index is 15.1. The number of aliphatic carboxylic acids is 1. The van der Waals surface area contributed by atoms with E-state index in [1.165, 1.54) is 0 Å². The Balaban J connectivity index is 1.70. The summed E-state index contributed by atoms with van der Waals surface area (Å²) in [7, 11) is 0. The average molecular weight is 1200 g/mol. The van der Waals surface area contributed by atoms with Crippen LogP contribution in [-0.2, 0) is 51.2 Å². The van der Waals surface area contributed by atoms with Gasteiger partial charge in [-0.25, -0.2) is 4.79 Å². The Kier molecular flexibility index (Phi) is 28.9. The van der Waals surface area contributed by atoms with E-state index >= 15 is 4.79 Å². The van der Waals surface area contributed by atoms with Crippen LogP contribution in [0.15, 0.2) is 80.9 Å². The van der Waals surface area contributed by atoms with Crippen LogP contribution in [0.2, 0.25) is 0 Å². The lowest BCUT2D eigenvalue weighted by atomic mass is 10.00. The van der Waals surface area contributed by atoms with Gasteiger partial charge in [0.15, 0.2) is 23.8 Å². The van der Waals surface area contributed by atoms with Crippen LogP contribution >= 0.6 is 0 Å². The van der Waals surface area contributed by atoms with E-state index in [2.05, 4.69) is 67.2 Å². The van der Waals surface area contributed by atoms with Crippen molar-refractivity contribution in [2.75, 3.05) is 39.3 Å². The third-order valence-electron chi connectivity index (χ3n) is 13.5. The van der Waals surface area contributed by atoms with Gasteiger partial charge >= 0.3 is 5.97 Å². The molecule has 0 fully saturated rings. The molecule has 32 heteroatoms. The van der Waals surface area contributed by atoms with Gasteiger partial charge in [-0.05, 0) is 100 Å². The summed E-state index contributed by atoms with van der Waals surface area (Å²) in [5, 5.41) is 30.2.